The first-order chi connectivity index (χ1) is 9.13. The second kappa shape index (κ2) is 5.89. The highest BCUT2D eigenvalue weighted by atomic mass is 16.5. The van der Waals surface area contributed by atoms with Crippen molar-refractivity contribution in [2.24, 2.45) is 0 Å². The Labute approximate surface area is 114 Å². The lowest BCUT2D eigenvalue weighted by molar-refractivity contribution is 0.257. The first-order valence-corrected chi connectivity index (χ1v) is 6.50. The van der Waals surface area contributed by atoms with Gasteiger partial charge in [-0.05, 0) is 43.0 Å². The van der Waals surface area contributed by atoms with Gasteiger partial charge in [0.2, 0.25) is 0 Å². The Bertz CT molecular complexity index is 573. The fourth-order valence-corrected chi connectivity index (χ4v) is 2.09. The maximum atomic E-state index is 9.41. The number of hydrogen-bond acceptors (Lipinski definition) is 2. The van der Waals surface area contributed by atoms with E-state index in [4.69, 9.17) is 4.74 Å². The third kappa shape index (κ3) is 2.96. The summed E-state index contributed by atoms with van der Waals surface area (Å²) in [5.41, 5.74) is 5.51. The summed E-state index contributed by atoms with van der Waals surface area (Å²) in [6, 6.07) is 12.1. The lowest BCUT2D eigenvalue weighted by Crippen LogP contribution is -2.03. The van der Waals surface area contributed by atoms with E-state index in [2.05, 4.69) is 26.0 Å². The van der Waals surface area contributed by atoms with Crippen LogP contribution in [0.1, 0.15) is 27.8 Å². The van der Waals surface area contributed by atoms with Crippen molar-refractivity contribution in [3.05, 3.63) is 64.2 Å². The highest BCUT2D eigenvalue weighted by Crippen LogP contribution is 2.27. The Morgan fingerprint density at radius 1 is 0.895 bits per heavy atom. The van der Waals surface area contributed by atoms with Gasteiger partial charge in [-0.1, -0.05) is 36.4 Å². The first-order valence-electron chi connectivity index (χ1n) is 6.50. The molecule has 0 unspecified atom stereocenters. The molecule has 0 radical (unpaired) electrons. The van der Waals surface area contributed by atoms with Gasteiger partial charge in [0.15, 0.2) is 0 Å². The largest absolute Gasteiger partial charge is 0.488 e. The van der Waals surface area contributed by atoms with E-state index < -0.39 is 0 Å². The molecule has 0 fully saturated rings. The number of aliphatic hydroxyl groups is 1. The fourth-order valence-electron chi connectivity index (χ4n) is 2.09. The van der Waals surface area contributed by atoms with Crippen molar-refractivity contribution in [3.8, 4) is 5.75 Å². The Hall–Kier alpha value is -1.80. The Kier molecular flexibility index (Phi) is 4.23. The molecular formula is C17H20O2. The van der Waals surface area contributed by atoms with Crippen molar-refractivity contribution >= 4 is 0 Å². The van der Waals surface area contributed by atoms with E-state index in [1.165, 1.54) is 16.7 Å². The lowest BCUT2D eigenvalue weighted by Gasteiger charge is -2.15. The van der Waals surface area contributed by atoms with E-state index in [9.17, 15) is 5.11 Å². The Morgan fingerprint density at radius 3 is 2.32 bits per heavy atom. The second-order valence-electron chi connectivity index (χ2n) is 4.87. The molecule has 2 aromatic carbocycles. The quantitative estimate of drug-likeness (QED) is 0.904. The van der Waals surface area contributed by atoms with Crippen LogP contribution in [0.2, 0.25) is 0 Å². The zero-order valence-corrected chi connectivity index (χ0v) is 11.7. The van der Waals surface area contributed by atoms with Crippen molar-refractivity contribution < 1.29 is 9.84 Å². The van der Waals surface area contributed by atoms with Crippen molar-refractivity contribution in [1.29, 1.82) is 0 Å². The number of rotatable bonds is 4. The normalized spacial score (nSPS) is 10.5. The van der Waals surface area contributed by atoms with E-state index in [0.29, 0.717) is 6.61 Å². The maximum Gasteiger partial charge on any atom is 0.128 e. The average molecular weight is 256 g/mol. The number of ether oxygens (including phenoxy) is 1. The number of aliphatic hydroxyl groups excluding tert-OH is 1. The zero-order valence-electron chi connectivity index (χ0n) is 11.7. The van der Waals surface area contributed by atoms with Crippen LogP contribution in [0.5, 0.6) is 5.75 Å². The molecule has 2 nitrogen and oxygen atoms in total. The van der Waals surface area contributed by atoms with Crippen LogP contribution in [0, 0.1) is 20.8 Å². The minimum atomic E-state index is 0.00419. The molecule has 100 valence electrons. The predicted molar refractivity (Wildman–Crippen MR) is 77.3 cm³/mol. The van der Waals surface area contributed by atoms with Crippen LogP contribution in [-0.4, -0.2) is 5.11 Å². The van der Waals surface area contributed by atoms with E-state index in [0.717, 1.165) is 16.9 Å². The summed E-state index contributed by atoms with van der Waals surface area (Å²) in [5, 5.41) is 9.41. The maximum absolute atomic E-state index is 9.41. The van der Waals surface area contributed by atoms with Crippen LogP contribution >= 0.6 is 0 Å². The molecule has 2 heteroatoms. The molecule has 0 heterocycles. The Morgan fingerprint density at radius 2 is 1.63 bits per heavy atom. The summed E-state index contributed by atoms with van der Waals surface area (Å²) >= 11 is 0. The molecule has 0 aliphatic carbocycles. The van der Waals surface area contributed by atoms with E-state index >= 15 is 0 Å². The van der Waals surface area contributed by atoms with Crippen molar-refractivity contribution in [3.63, 3.8) is 0 Å². The molecule has 19 heavy (non-hydrogen) atoms. The summed E-state index contributed by atoms with van der Waals surface area (Å²) in [5.74, 6) is 0.811. The molecule has 0 saturated carbocycles. The molecule has 0 saturated heterocycles. The minimum absolute atomic E-state index is 0.00419. The number of hydrogen-bond donors (Lipinski definition) is 1. The molecular weight excluding hydrogens is 236 g/mol. The van der Waals surface area contributed by atoms with Gasteiger partial charge in [-0.3, -0.25) is 0 Å². The molecule has 1 N–H and O–H groups in total. The van der Waals surface area contributed by atoms with Crippen molar-refractivity contribution in [1.82, 2.24) is 0 Å². The van der Waals surface area contributed by atoms with Crippen molar-refractivity contribution in [2.45, 2.75) is 34.0 Å². The average Bonchev–Trinajstić information content (AvgIpc) is 2.42. The van der Waals surface area contributed by atoms with Gasteiger partial charge >= 0.3 is 0 Å². The number of benzene rings is 2. The summed E-state index contributed by atoms with van der Waals surface area (Å²) in [4.78, 5) is 0. The smallest absolute Gasteiger partial charge is 0.128 e. The van der Waals surface area contributed by atoms with E-state index in [-0.39, 0.29) is 6.61 Å². The molecule has 0 bridgehead atoms. The van der Waals surface area contributed by atoms with E-state index in [1.54, 1.807) is 0 Å². The highest BCUT2D eigenvalue weighted by Gasteiger charge is 2.09. The zero-order chi connectivity index (χ0) is 13.8. The molecule has 2 rings (SSSR count). The molecule has 0 amide bonds. The van der Waals surface area contributed by atoms with Gasteiger partial charge in [-0.2, -0.15) is 0 Å². The monoisotopic (exact) mass is 256 g/mol. The molecule has 0 aromatic heterocycles. The fraction of sp³-hybridized carbons (Fsp3) is 0.294. The van der Waals surface area contributed by atoms with Crippen LogP contribution in [0.15, 0.2) is 36.4 Å². The third-order valence-electron chi connectivity index (χ3n) is 3.56. The van der Waals surface area contributed by atoms with Gasteiger partial charge in [0.1, 0.15) is 12.4 Å². The topological polar surface area (TPSA) is 29.5 Å². The molecule has 0 spiro atoms. The summed E-state index contributed by atoms with van der Waals surface area (Å²) < 4.78 is 5.95. The SMILES string of the molecule is Cc1ccccc1COc1c(CO)ccc(C)c1C. The highest BCUT2D eigenvalue weighted by molar-refractivity contribution is 5.45. The van der Waals surface area contributed by atoms with Gasteiger partial charge in [0, 0.05) is 5.56 Å². The first kappa shape index (κ1) is 13.6. The van der Waals surface area contributed by atoms with Crippen LogP contribution in [-0.2, 0) is 13.2 Å². The van der Waals surface area contributed by atoms with Crippen LogP contribution in [0.4, 0.5) is 0 Å². The van der Waals surface area contributed by atoms with E-state index in [1.807, 2.05) is 31.2 Å². The van der Waals surface area contributed by atoms with Crippen LogP contribution in [0.25, 0.3) is 0 Å². The number of aryl methyl sites for hydroxylation is 2. The third-order valence-corrected chi connectivity index (χ3v) is 3.56. The van der Waals surface area contributed by atoms with Crippen LogP contribution < -0.4 is 4.74 Å². The predicted octanol–water partition coefficient (Wildman–Crippen LogP) is 3.68. The van der Waals surface area contributed by atoms with Gasteiger partial charge in [0.25, 0.3) is 0 Å². The lowest BCUT2D eigenvalue weighted by atomic mass is 10.0. The van der Waals surface area contributed by atoms with Gasteiger partial charge in [0.05, 0.1) is 6.61 Å². The standard InChI is InChI=1S/C17H20O2/c1-12-8-9-15(10-18)17(14(12)3)19-11-16-7-5-4-6-13(16)2/h4-9,18H,10-11H2,1-3H3. The van der Waals surface area contributed by atoms with Gasteiger partial charge in [-0.25, -0.2) is 0 Å². The second-order valence-corrected chi connectivity index (χ2v) is 4.87. The molecule has 0 aliphatic heterocycles. The van der Waals surface area contributed by atoms with Gasteiger partial charge in [-0.15, -0.1) is 0 Å². The minimum Gasteiger partial charge on any atom is -0.488 e. The van der Waals surface area contributed by atoms with Crippen LogP contribution in [0.3, 0.4) is 0 Å². The van der Waals surface area contributed by atoms with Gasteiger partial charge < -0.3 is 9.84 Å². The molecule has 2 aromatic rings. The molecule has 0 aliphatic rings. The van der Waals surface area contributed by atoms with Crippen molar-refractivity contribution in [2.75, 3.05) is 0 Å². The summed E-state index contributed by atoms with van der Waals surface area (Å²) in [6.07, 6.45) is 0. The summed E-state index contributed by atoms with van der Waals surface area (Å²) in [7, 11) is 0. The Balaban J connectivity index is 2.24. The summed E-state index contributed by atoms with van der Waals surface area (Å²) in [6.45, 7) is 6.70. The molecule has 0 atom stereocenters.